The molecule has 8 heteroatoms. The molecule has 2 aromatic carbocycles. The third-order valence-corrected chi connectivity index (χ3v) is 4.19. The van der Waals surface area contributed by atoms with Crippen molar-refractivity contribution in [2.45, 2.75) is 20.0 Å². The van der Waals surface area contributed by atoms with E-state index in [9.17, 15) is 14.0 Å². The summed E-state index contributed by atoms with van der Waals surface area (Å²) in [5, 5.41) is 10.8. The first-order chi connectivity index (χ1) is 13.0. The van der Waals surface area contributed by atoms with E-state index in [1.165, 1.54) is 17.0 Å². The Bertz CT molecular complexity index is 968. The average molecular weight is 369 g/mol. The fraction of sp³-hybridized carbons (Fsp3) is 0.263. The van der Waals surface area contributed by atoms with Gasteiger partial charge in [-0.2, -0.15) is 0 Å². The van der Waals surface area contributed by atoms with Crippen LogP contribution in [0.2, 0.25) is 0 Å². The zero-order chi connectivity index (χ0) is 19.4. The molecule has 1 N–H and O–H groups in total. The molecule has 0 aliphatic heterocycles. The molecule has 0 aliphatic carbocycles. The van der Waals surface area contributed by atoms with Gasteiger partial charge in [0.2, 0.25) is 5.91 Å². The summed E-state index contributed by atoms with van der Waals surface area (Å²) in [5.74, 6) is -0.903. The van der Waals surface area contributed by atoms with Crippen LogP contribution in [0.15, 0.2) is 42.5 Å². The van der Waals surface area contributed by atoms with Gasteiger partial charge >= 0.3 is 0 Å². The van der Waals surface area contributed by atoms with Crippen LogP contribution in [0.4, 0.5) is 4.39 Å². The lowest BCUT2D eigenvalue weighted by Gasteiger charge is -2.17. The summed E-state index contributed by atoms with van der Waals surface area (Å²) in [5.41, 5.74) is 2.72. The van der Waals surface area contributed by atoms with Crippen LogP contribution in [0.5, 0.6) is 0 Å². The number of aromatic nitrogens is 3. The molecule has 0 radical (unpaired) electrons. The van der Waals surface area contributed by atoms with E-state index in [4.69, 9.17) is 0 Å². The second-order valence-electron chi connectivity index (χ2n) is 6.17. The van der Waals surface area contributed by atoms with Crippen LogP contribution < -0.4 is 5.32 Å². The summed E-state index contributed by atoms with van der Waals surface area (Å²) in [6.07, 6.45) is 0. The molecular formula is C19H20FN5O2. The van der Waals surface area contributed by atoms with Crippen LogP contribution in [0, 0.1) is 5.82 Å². The summed E-state index contributed by atoms with van der Waals surface area (Å²) in [6, 6.07) is 11.0. The molecule has 0 bridgehead atoms. The van der Waals surface area contributed by atoms with Gasteiger partial charge in [0.05, 0.1) is 12.1 Å². The molecule has 27 heavy (non-hydrogen) atoms. The predicted octanol–water partition coefficient (Wildman–Crippen LogP) is 1.98. The molecule has 0 saturated carbocycles. The maximum atomic E-state index is 12.9. The van der Waals surface area contributed by atoms with Crippen molar-refractivity contribution < 1.29 is 14.0 Å². The van der Waals surface area contributed by atoms with Crippen LogP contribution >= 0.6 is 0 Å². The number of aryl methyl sites for hydroxylation is 1. The zero-order valence-electron chi connectivity index (χ0n) is 15.1. The van der Waals surface area contributed by atoms with Gasteiger partial charge in [-0.25, -0.2) is 9.07 Å². The fourth-order valence-corrected chi connectivity index (χ4v) is 2.71. The summed E-state index contributed by atoms with van der Waals surface area (Å²) in [7, 11) is 1.56. The standard InChI is InChI=1S/C19H20FN5O2/c1-3-25-17-9-6-14(10-16(17)22-23-25)19(27)24(2)12-18(26)21-11-13-4-7-15(20)8-5-13/h4-10H,3,11-12H2,1-2H3,(H,21,26). The normalized spacial score (nSPS) is 10.8. The van der Waals surface area contributed by atoms with E-state index in [2.05, 4.69) is 15.6 Å². The lowest BCUT2D eigenvalue weighted by atomic mass is 10.1. The molecule has 3 aromatic rings. The largest absolute Gasteiger partial charge is 0.350 e. The summed E-state index contributed by atoms with van der Waals surface area (Å²) >= 11 is 0. The number of hydrogen-bond donors (Lipinski definition) is 1. The van der Waals surface area contributed by atoms with E-state index < -0.39 is 0 Å². The van der Waals surface area contributed by atoms with Crippen molar-refractivity contribution in [3.63, 3.8) is 0 Å². The molecular weight excluding hydrogens is 349 g/mol. The molecule has 3 rings (SSSR count). The lowest BCUT2D eigenvalue weighted by molar-refractivity contribution is -0.121. The van der Waals surface area contributed by atoms with Crippen molar-refractivity contribution in [1.82, 2.24) is 25.2 Å². The van der Waals surface area contributed by atoms with Gasteiger partial charge in [0.1, 0.15) is 11.3 Å². The van der Waals surface area contributed by atoms with Crippen molar-refractivity contribution in [3.05, 3.63) is 59.4 Å². The van der Waals surface area contributed by atoms with E-state index >= 15 is 0 Å². The number of hydrogen-bond acceptors (Lipinski definition) is 4. The third-order valence-electron chi connectivity index (χ3n) is 4.19. The highest BCUT2D eigenvalue weighted by Gasteiger charge is 2.16. The Morgan fingerprint density at radius 1 is 1.19 bits per heavy atom. The maximum absolute atomic E-state index is 12.9. The number of rotatable bonds is 6. The minimum Gasteiger partial charge on any atom is -0.350 e. The first-order valence-electron chi connectivity index (χ1n) is 8.57. The van der Waals surface area contributed by atoms with E-state index in [1.54, 1.807) is 42.1 Å². The number of nitrogens with one attached hydrogen (secondary N) is 1. The minimum atomic E-state index is -0.327. The molecule has 1 heterocycles. The molecule has 0 fully saturated rings. The molecule has 2 amide bonds. The molecule has 0 atom stereocenters. The Balaban J connectivity index is 1.59. The minimum absolute atomic E-state index is 0.0836. The van der Waals surface area contributed by atoms with Crippen LogP contribution in [-0.4, -0.2) is 45.3 Å². The predicted molar refractivity (Wildman–Crippen MR) is 98.4 cm³/mol. The van der Waals surface area contributed by atoms with E-state index in [0.717, 1.165) is 11.1 Å². The highest BCUT2D eigenvalue weighted by molar-refractivity contribution is 5.98. The number of amides is 2. The smallest absolute Gasteiger partial charge is 0.254 e. The Labute approximate surface area is 155 Å². The summed E-state index contributed by atoms with van der Waals surface area (Å²) in [6.45, 7) is 2.84. The highest BCUT2D eigenvalue weighted by atomic mass is 19.1. The van der Waals surface area contributed by atoms with Crippen LogP contribution in [0.25, 0.3) is 11.0 Å². The first kappa shape index (κ1) is 18.5. The fourth-order valence-electron chi connectivity index (χ4n) is 2.71. The van der Waals surface area contributed by atoms with Crippen LogP contribution in [-0.2, 0) is 17.9 Å². The number of nitrogens with zero attached hydrogens (tertiary/aromatic N) is 4. The maximum Gasteiger partial charge on any atom is 0.254 e. The van der Waals surface area contributed by atoms with E-state index in [1.807, 2.05) is 6.92 Å². The van der Waals surface area contributed by atoms with Gasteiger partial charge in [0.25, 0.3) is 5.91 Å². The number of halogens is 1. The second-order valence-corrected chi connectivity index (χ2v) is 6.17. The molecule has 0 spiro atoms. The number of fused-ring (bicyclic) bond motifs is 1. The van der Waals surface area contributed by atoms with Crippen molar-refractivity contribution in [2.75, 3.05) is 13.6 Å². The number of carbonyl (C=O) groups excluding carboxylic acids is 2. The van der Waals surface area contributed by atoms with Gasteiger partial charge in [-0.1, -0.05) is 17.3 Å². The second kappa shape index (κ2) is 7.94. The Kier molecular flexibility index (Phi) is 5.44. The Hall–Kier alpha value is -3.29. The van der Waals surface area contributed by atoms with Crippen molar-refractivity contribution in [2.24, 2.45) is 0 Å². The summed E-state index contributed by atoms with van der Waals surface area (Å²) in [4.78, 5) is 26.0. The third kappa shape index (κ3) is 4.28. The quantitative estimate of drug-likeness (QED) is 0.721. The highest BCUT2D eigenvalue weighted by Crippen LogP contribution is 2.14. The molecule has 0 unspecified atom stereocenters. The monoisotopic (exact) mass is 369 g/mol. The van der Waals surface area contributed by atoms with Gasteiger partial charge in [-0.15, -0.1) is 5.10 Å². The van der Waals surface area contributed by atoms with Crippen LogP contribution in [0.3, 0.4) is 0 Å². The van der Waals surface area contributed by atoms with E-state index in [-0.39, 0.29) is 30.7 Å². The molecule has 0 aliphatic rings. The van der Waals surface area contributed by atoms with Gasteiger partial charge < -0.3 is 10.2 Å². The van der Waals surface area contributed by atoms with Crippen molar-refractivity contribution >= 4 is 22.8 Å². The average Bonchev–Trinajstić information content (AvgIpc) is 3.09. The van der Waals surface area contributed by atoms with Crippen molar-refractivity contribution in [1.29, 1.82) is 0 Å². The van der Waals surface area contributed by atoms with Crippen molar-refractivity contribution in [3.8, 4) is 0 Å². The van der Waals surface area contributed by atoms with Gasteiger partial charge in [0.15, 0.2) is 0 Å². The molecule has 7 nitrogen and oxygen atoms in total. The Morgan fingerprint density at radius 3 is 2.63 bits per heavy atom. The SMILES string of the molecule is CCn1nnc2cc(C(=O)N(C)CC(=O)NCc3ccc(F)cc3)ccc21. The topological polar surface area (TPSA) is 80.1 Å². The number of carbonyl (C=O) groups is 2. The number of benzene rings is 2. The van der Waals surface area contributed by atoms with E-state index in [0.29, 0.717) is 17.6 Å². The van der Waals surface area contributed by atoms with Gasteiger partial charge in [-0.3, -0.25) is 9.59 Å². The van der Waals surface area contributed by atoms with Crippen LogP contribution in [0.1, 0.15) is 22.8 Å². The zero-order valence-corrected chi connectivity index (χ0v) is 15.1. The Morgan fingerprint density at radius 2 is 1.93 bits per heavy atom. The first-order valence-corrected chi connectivity index (χ1v) is 8.57. The van der Waals surface area contributed by atoms with Gasteiger partial charge in [0, 0.05) is 25.7 Å². The lowest BCUT2D eigenvalue weighted by Crippen LogP contribution is -2.38. The molecule has 140 valence electrons. The molecule has 1 aromatic heterocycles. The number of likely N-dealkylation sites (N-methyl/N-ethyl adjacent to an activating group) is 1. The molecule has 0 saturated heterocycles. The summed E-state index contributed by atoms with van der Waals surface area (Å²) < 4.78 is 14.6. The van der Waals surface area contributed by atoms with Gasteiger partial charge in [-0.05, 0) is 42.8 Å².